The minimum Gasteiger partial charge on any atom is -0.382 e. The van der Waals surface area contributed by atoms with E-state index in [1.165, 1.54) is 12.1 Å². The van der Waals surface area contributed by atoms with E-state index in [1.807, 2.05) is 24.3 Å². The lowest BCUT2D eigenvalue weighted by molar-refractivity contribution is 0.627. The predicted octanol–water partition coefficient (Wildman–Crippen LogP) is 3.35. The van der Waals surface area contributed by atoms with Crippen LogP contribution in [0.5, 0.6) is 0 Å². The first kappa shape index (κ1) is 16.5. The Bertz CT molecular complexity index is 765. The molecule has 0 aliphatic heterocycles. The van der Waals surface area contributed by atoms with Gasteiger partial charge in [0.2, 0.25) is 5.71 Å². The van der Waals surface area contributed by atoms with Crippen LogP contribution in [0.3, 0.4) is 0 Å². The van der Waals surface area contributed by atoms with Crippen LogP contribution in [0, 0.1) is 22.6 Å². The fourth-order valence-electron chi connectivity index (χ4n) is 1.69. The number of benzene rings is 2. The van der Waals surface area contributed by atoms with Crippen molar-refractivity contribution >= 4 is 29.0 Å². The highest BCUT2D eigenvalue weighted by Crippen LogP contribution is 2.29. The largest absolute Gasteiger partial charge is 0.382 e. The summed E-state index contributed by atoms with van der Waals surface area (Å²) in [5, 5.41) is 19.9. The standard InChI is InChI=1S/C16H14FN5S/c17-12-7-5-11(6-8-12)10-23-15-4-2-1-3-13(15)21-22-14(9-18)16(19)20/h1-8,21H,10H2,(H3,19,20)/b22-14+. The summed E-state index contributed by atoms with van der Waals surface area (Å²) in [5.74, 6) is 0.0143. The highest BCUT2D eigenvalue weighted by Gasteiger charge is 2.05. The maximum Gasteiger partial charge on any atom is 0.201 e. The average Bonchev–Trinajstić information content (AvgIpc) is 2.55. The van der Waals surface area contributed by atoms with Crippen molar-refractivity contribution in [2.75, 3.05) is 5.43 Å². The molecule has 0 aromatic heterocycles. The normalized spacial score (nSPS) is 10.9. The quantitative estimate of drug-likeness (QED) is 0.328. The van der Waals surface area contributed by atoms with Gasteiger partial charge >= 0.3 is 0 Å². The van der Waals surface area contributed by atoms with Crippen LogP contribution in [-0.2, 0) is 5.75 Å². The van der Waals surface area contributed by atoms with Crippen molar-refractivity contribution in [1.82, 2.24) is 0 Å². The number of halogens is 1. The summed E-state index contributed by atoms with van der Waals surface area (Å²) in [4.78, 5) is 0.918. The highest BCUT2D eigenvalue weighted by molar-refractivity contribution is 7.98. The third kappa shape index (κ3) is 4.83. The SMILES string of the molecule is N#C/C(=N\Nc1ccccc1SCc1ccc(F)cc1)C(=N)N. The fraction of sp³-hybridized carbons (Fsp3) is 0.0625. The Morgan fingerprint density at radius 2 is 1.96 bits per heavy atom. The van der Waals surface area contributed by atoms with E-state index in [9.17, 15) is 4.39 Å². The summed E-state index contributed by atoms with van der Waals surface area (Å²) in [7, 11) is 0. The molecule has 0 spiro atoms. The molecule has 2 aromatic rings. The molecule has 2 aromatic carbocycles. The molecule has 7 heteroatoms. The molecule has 5 nitrogen and oxygen atoms in total. The highest BCUT2D eigenvalue weighted by atomic mass is 32.2. The molecule has 0 saturated carbocycles. The Balaban J connectivity index is 2.10. The van der Waals surface area contributed by atoms with E-state index in [0.717, 1.165) is 10.5 Å². The van der Waals surface area contributed by atoms with Crippen LogP contribution in [0.2, 0.25) is 0 Å². The molecular weight excluding hydrogens is 313 g/mol. The van der Waals surface area contributed by atoms with Crippen molar-refractivity contribution in [3.05, 3.63) is 59.9 Å². The predicted molar refractivity (Wildman–Crippen MR) is 91.0 cm³/mol. The summed E-state index contributed by atoms with van der Waals surface area (Å²) >= 11 is 1.55. The van der Waals surface area contributed by atoms with Crippen LogP contribution in [0.25, 0.3) is 0 Å². The van der Waals surface area contributed by atoms with Gasteiger partial charge in [-0.1, -0.05) is 24.3 Å². The van der Waals surface area contributed by atoms with E-state index in [4.69, 9.17) is 16.4 Å². The Morgan fingerprint density at radius 1 is 1.26 bits per heavy atom. The zero-order chi connectivity index (χ0) is 16.7. The van der Waals surface area contributed by atoms with Gasteiger partial charge in [-0.25, -0.2) is 4.39 Å². The molecule has 2 rings (SSSR count). The number of hydrogen-bond acceptors (Lipinski definition) is 5. The van der Waals surface area contributed by atoms with E-state index >= 15 is 0 Å². The second-order valence-electron chi connectivity index (χ2n) is 4.51. The molecule has 0 saturated heterocycles. The van der Waals surface area contributed by atoms with Crippen molar-refractivity contribution in [3.8, 4) is 6.07 Å². The molecular formula is C16H14FN5S. The number of nitrogens with zero attached hydrogens (tertiary/aromatic N) is 2. The van der Waals surface area contributed by atoms with E-state index in [2.05, 4.69) is 10.5 Å². The molecule has 0 fully saturated rings. The monoisotopic (exact) mass is 327 g/mol. The molecule has 116 valence electrons. The molecule has 0 atom stereocenters. The lowest BCUT2D eigenvalue weighted by Crippen LogP contribution is -2.21. The number of thioether (sulfide) groups is 1. The number of hydrogen-bond donors (Lipinski definition) is 3. The Kier molecular flexibility index (Phi) is 5.72. The minimum absolute atomic E-state index is 0.177. The van der Waals surface area contributed by atoms with E-state index in [1.54, 1.807) is 30.0 Å². The van der Waals surface area contributed by atoms with Gasteiger partial charge in [0.25, 0.3) is 0 Å². The van der Waals surface area contributed by atoms with Gasteiger partial charge in [-0.05, 0) is 29.8 Å². The van der Waals surface area contributed by atoms with Crippen molar-refractivity contribution in [3.63, 3.8) is 0 Å². The van der Waals surface area contributed by atoms with Crippen molar-refractivity contribution in [2.24, 2.45) is 10.8 Å². The van der Waals surface area contributed by atoms with Crippen LogP contribution in [0.4, 0.5) is 10.1 Å². The lowest BCUT2D eigenvalue weighted by Gasteiger charge is -2.08. The zero-order valence-electron chi connectivity index (χ0n) is 12.1. The molecule has 23 heavy (non-hydrogen) atoms. The van der Waals surface area contributed by atoms with Gasteiger partial charge in [-0.2, -0.15) is 10.4 Å². The second kappa shape index (κ2) is 7.96. The van der Waals surface area contributed by atoms with Gasteiger partial charge < -0.3 is 5.73 Å². The number of nitriles is 1. The van der Waals surface area contributed by atoms with Crippen LogP contribution in [0.15, 0.2) is 58.5 Å². The lowest BCUT2D eigenvalue weighted by atomic mass is 10.2. The van der Waals surface area contributed by atoms with Crippen molar-refractivity contribution in [2.45, 2.75) is 10.6 Å². The average molecular weight is 327 g/mol. The third-order valence-corrected chi connectivity index (χ3v) is 3.99. The van der Waals surface area contributed by atoms with Crippen molar-refractivity contribution < 1.29 is 4.39 Å². The van der Waals surface area contributed by atoms with Gasteiger partial charge in [0, 0.05) is 10.6 Å². The van der Waals surface area contributed by atoms with Gasteiger partial charge in [0.1, 0.15) is 11.9 Å². The number of hydrazone groups is 1. The summed E-state index contributed by atoms with van der Waals surface area (Å²) in [5.41, 5.74) is 9.53. The Labute approximate surface area is 137 Å². The van der Waals surface area contributed by atoms with Gasteiger partial charge in [-0.15, -0.1) is 11.8 Å². The molecule has 0 bridgehead atoms. The number of anilines is 1. The topological polar surface area (TPSA) is 98.0 Å². The maximum absolute atomic E-state index is 12.9. The number of amidine groups is 1. The summed E-state index contributed by atoms with van der Waals surface area (Å²) in [6.07, 6.45) is 0. The molecule has 0 amide bonds. The molecule has 0 radical (unpaired) electrons. The molecule has 0 unspecified atom stereocenters. The summed E-state index contributed by atoms with van der Waals surface area (Å²) in [6, 6.07) is 15.5. The summed E-state index contributed by atoms with van der Waals surface area (Å²) in [6.45, 7) is 0. The number of nitrogens with one attached hydrogen (secondary N) is 2. The first-order valence-corrected chi connectivity index (χ1v) is 7.63. The smallest absolute Gasteiger partial charge is 0.201 e. The zero-order valence-corrected chi connectivity index (χ0v) is 12.9. The third-order valence-electron chi connectivity index (χ3n) is 2.84. The first-order valence-electron chi connectivity index (χ1n) is 6.64. The number of rotatable bonds is 6. The van der Waals surface area contributed by atoms with Crippen LogP contribution in [0.1, 0.15) is 5.56 Å². The molecule has 0 aliphatic carbocycles. The van der Waals surface area contributed by atoms with E-state index < -0.39 is 5.84 Å². The van der Waals surface area contributed by atoms with Crippen LogP contribution >= 0.6 is 11.8 Å². The fourth-order valence-corrected chi connectivity index (χ4v) is 2.65. The minimum atomic E-state index is -0.392. The number of para-hydroxylation sites is 1. The van der Waals surface area contributed by atoms with Gasteiger partial charge in [0.15, 0.2) is 5.84 Å². The molecule has 0 heterocycles. The Morgan fingerprint density at radius 3 is 2.61 bits per heavy atom. The van der Waals surface area contributed by atoms with Gasteiger partial charge in [0.05, 0.1) is 5.69 Å². The molecule has 0 aliphatic rings. The first-order chi connectivity index (χ1) is 11.1. The van der Waals surface area contributed by atoms with Crippen LogP contribution < -0.4 is 11.2 Å². The van der Waals surface area contributed by atoms with Gasteiger partial charge in [-0.3, -0.25) is 10.8 Å². The van der Waals surface area contributed by atoms with Crippen LogP contribution in [-0.4, -0.2) is 11.5 Å². The second-order valence-corrected chi connectivity index (χ2v) is 5.53. The van der Waals surface area contributed by atoms with E-state index in [0.29, 0.717) is 11.4 Å². The summed E-state index contributed by atoms with van der Waals surface area (Å²) < 4.78 is 12.9. The van der Waals surface area contributed by atoms with Crippen molar-refractivity contribution in [1.29, 1.82) is 10.7 Å². The Hall–Kier alpha value is -2.85. The maximum atomic E-state index is 12.9. The van der Waals surface area contributed by atoms with E-state index in [-0.39, 0.29) is 11.5 Å². The number of nitrogens with two attached hydrogens (primary N) is 1. The molecule has 4 N–H and O–H groups in total.